The van der Waals surface area contributed by atoms with Crippen molar-refractivity contribution in [1.29, 1.82) is 0 Å². The molecule has 1 rings (SSSR count). The van der Waals surface area contributed by atoms with E-state index in [2.05, 4.69) is 0 Å². The molecule has 0 saturated carbocycles. The summed E-state index contributed by atoms with van der Waals surface area (Å²) < 4.78 is 15.5. The first kappa shape index (κ1) is 12.4. The molecule has 1 amide bonds. The number of hydrogen-bond donors (Lipinski definition) is 0. The lowest BCUT2D eigenvalue weighted by Gasteiger charge is -2.39. The third kappa shape index (κ3) is 2.90. The van der Waals surface area contributed by atoms with Crippen molar-refractivity contribution in [2.45, 2.75) is 18.6 Å². The highest BCUT2D eigenvalue weighted by molar-refractivity contribution is 5.77. The number of carbonyl (C=O) groups excluding carboxylic acids is 1. The summed E-state index contributed by atoms with van der Waals surface area (Å²) in [6, 6.07) is 0. The van der Waals surface area contributed by atoms with Crippen molar-refractivity contribution in [3.05, 3.63) is 0 Å². The Morgan fingerprint density at radius 2 is 1.73 bits per heavy atom. The highest BCUT2D eigenvalue weighted by Gasteiger charge is 2.35. The Bertz CT molecular complexity index is 205. The molecule has 0 aliphatic carbocycles. The van der Waals surface area contributed by atoms with Crippen LogP contribution in [-0.2, 0) is 19.0 Å². The van der Waals surface area contributed by atoms with E-state index < -0.39 is 5.79 Å². The molecule has 1 aliphatic rings. The second-order valence-corrected chi connectivity index (χ2v) is 3.63. The topological polar surface area (TPSA) is 48.0 Å². The molecule has 0 bridgehead atoms. The second-order valence-electron chi connectivity index (χ2n) is 3.63. The van der Waals surface area contributed by atoms with Crippen LogP contribution < -0.4 is 0 Å². The Kier molecular flexibility index (Phi) is 4.50. The van der Waals surface area contributed by atoms with E-state index in [9.17, 15) is 4.79 Å². The quantitative estimate of drug-likeness (QED) is 0.633. The average molecular weight is 217 g/mol. The third-order valence-electron chi connectivity index (χ3n) is 2.89. The smallest absolute Gasteiger partial charge is 0.248 e. The highest BCUT2D eigenvalue weighted by Crippen LogP contribution is 2.26. The van der Waals surface area contributed by atoms with Crippen molar-refractivity contribution < 1.29 is 19.0 Å². The molecule has 1 aliphatic heterocycles. The van der Waals surface area contributed by atoms with E-state index in [1.54, 1.807) is 19.1 Å². The first-order valence-corrected chi connectivity index (χ1v) is 5.04. The molecular formula is C10H19NO4. The van der Waals surface area contributed by atoms with E-state index in [-0.39, 0.29) is 12.5 Å². The van der Waals surface area contributed by atoms with E-state index in [1.807, 2.05) is 0 Å². The van der Waals surface area contributed by atoms with Crippen LogP contribution in [0.1, 0.15) is 12.8 Å². The lowest BCUT2D eigenvalue weighted by molar-refractivity contribution is -0.229. The zero-order valence-electron chi connectivity index (χ0n) is 9.62. The normalized spacial score (nSPS) is 20.3. The average Bonchev–Trinajstić information content (AvgIpc) is 2.29. The number of carbonyl (C=O) groups is 1. The summed E-state index contributed by atoms with van der Waals surface area (Å²) in [4.78, 5) is 13.3. The highest BCUT2D eigenvalue weighted by atomic mass is 16.7. The van der Waals surface area contributed by atoms with Crippen molar-refractivity contribution in [2.75, 3.05) is 41.0 Å². The maximum atomic E-state index is 11.5. The number of rotatable bonds is 4. The molecule has 0 spiro atoms. The van der Waals surface area contributed by atoms with Gasteiger partial charge in [0.15, 0.2) is 5.79 Å². The minimum absolute atomic E-state index is 0.0262. The summed E-state index contributed by atoms with van der Waals surface area (Å²) in [5.41, 5.74) is 0. The van der Waals surface area contributed by atoms with Crippen LogP contribution in [0, 0.1) is 0 Å². The number of piperidine rings is 1. The Balaban J connectivity index is 2.44. The fraction of sp³-hybridized carbons (Fsp3) is 0.900. The Hall–Kier alpha value is -0.650. The predicted octanol–water partition coefficient (Wildman–Crippen LogP) is 0.244. The van der Waals surface area contributed by atoms with Gasteiger partial charge in [-0.15, -0.1) is 0 Å². The minimum Gasteiger partial charge on any atom is -0.375 e. The van der Waals surface area contributed by atoms with Gasteiger partial charge in [-0.2, -0.15) is 0 Å². The maximum Gasteiger partial charge on any atom is 0.248 e. The standard InChI is InChI=1S/C10H19NO4/c1-13-8-9(12)11-6-4-10(14-2,15-3)5-7-11/h4-8H2,1-3H3. The lowest BCUT2D eigenvalue weighted by Crippen LogP contribution is -2.49. The molecule has 0 aromatic rings. The molecule has 15 heavy (non-hydrogen) atoms. The molecule has 5 nitrogen and oxygen atoms in total. The molecule has 88 valence electrons. The van der Waals surface area contributed by atoms with Crippen LogP contribution in [0.15, 0.2) is 0 Å². The Labute approximate surface area is 90.3 Å². The molecule has 1 saturated heterocycles. The van der Waals surface area contributed by atoms with Gasteiger partial charge in [0.05, 0.1) is 0 Å². The van der Waals surface area contributed by atoms with Gasteiger partial charge in [0.1, 0.15) is 6.61 Å². The lowest BCUT2D eigenvalue weighted by atomic mass is 10.0. The molecule has 0 N–H and O–H groups in total. The molecule has 0 aromatic carbocycles. The van der Waals surface area contributed by atoms with Gasteiger partial charge in [-0.1, -0.05) is 0 Å². The SMILES string of the molecule is COCC(=O)N1CCC(OC)(OC)CC1. The zero-order valence-corrected chi connectivity index (χ0v) is 9.62. The van der Waals surface area contributed by atoms with Crippen LogP contribution in [-0.4, -0.2) is 57.6 Å². The van der Waals surface area contributed by atoms with Crippen LogP contribution in [0.2, 0.25) is 0 Å². The predicted molar refractivity (Wildman–Crippen MR) is 54.4 cm³/mol. The van der Waals surface area contributed by atoms with Crippen LogP contribution in [0.5, 0.6) is 0 Å². The van der Waals surface area contributed by atoms with Crippen molar-refractivity contribution in [1.82, 2.24) is 4.90 Å². The van der Waals surface area contributed by atoms with Gasteiger partial charge in [0.2, 0.25) is 5.91 Å². The summed E-state index contributed by atoms with van der Waals surface area (Å²) in [7, 11) is 4.79. The number of nitrogens with zero attached hydrogens (tertiary/aromatic N) is 1. The summed E-state index contributed by atoms with van der Waals surface area (Å²) in [6.45, 7) is 1.46. The van der Waals surface area contributed by atoms with E-state index in [0.717, 1.165) is 0 Å². The van der Waals surface area contributed by atoms with Gasteiger partial charge in [0.25, 0.3) is 0 Å². The van der Waals surface area contributed by atoms with Gasteiger partial charge in [-0.3, -0.25) is 4.79 Å². The van der Waals surface area contributed by atoms with Crippen LogP contribution >= 0.6 is 0 Å². The maximum absolute atomic E-state index is 11.5. The minimum atomic E-state index is -0.510. The molecule has 0 aromatic heterocycles. The van der Waals surface area contributed by atoms with E-state index in [0.29, 0.717) is 25.9 Å². The Morgan fingerprint density at radius 1 is 1.20 bits per heavy atom. The van der Waals surface area contributed by atoms with Crippen LogP contribution in [0.25, 0.3) is 0 Å². The molecule has 0 atom stereocenters. The summed E-state index contributed by atoms with van der Waals surface area (Å²) >= 11 is 0. The van der Waals surface area contributed by atoms with Crippen molar-refractivity contribution >= 4 is 5.91 Å². The van der Waals surface area contributed by atoms with Gasteiger partial charge in [-0.25, -0.2) is 0 Å². The second kappa shape index (κ2) is 5.44. The number of methoxy groups -OCH3 is 3. The first-order chi connectivity index (χ1) is 7.17. The first-order valence-electron chi connectivity index (χ1n) is 5.04. The third-order valence-corrected chi connectivity index (χ3v) is 2.89. The number of hydrogen-bond acceptors (Lipinski definition) is 4. The number of likely N-dealkylation sites (tertiary alicyclic amines) is 1. The van der Waals surface area contributed by atoms with E-state index >= 15 is 0 Å². The van der Waals surface area contributed by atoms with Gasteiger partial charge < -0.3 is 19.1 Å². The Morgan fingerprint density at radius 3 is 2.13 bits per heavy atom. The molecule has 1 fully saturated rings. The fourth-order valence-electron chi connectivity index (χ4n) is 1.80. The fourth-order valence-corrected chi connectivity index (χ4v) is 1.80. The van der Waals surface area contributed by atoms with E-state index in [4.69, 9.17) is 14.2 Å². The van der Waals surface area contributed by atoms with Gasteiger partial charge in [-0.05, 0) is 0 Å². The molecule has 5 heteroatoms. The number of amides is 1. The molecule has 1 heterocycles. The van der Waals surface area contributed by atoms with Crippen molar-refractivity contribution in [2.24, 2.45) is 0 Å². The molecule has 0 unspecified atom stereocenters. The van der Waals surface area contributed by atoms with Crippen LogP contribution in [0.3, 0.4) is 0 Å². The van der Waals surface area contributed by atoms with Crippen molar-refractivity contribution in [3.63, 3.8) is 0 Å². The zero-order chi connectivity index (χ0) is 11.3. The van der Waals surface area contributed by atoms with Crippen molar-refractivity contribution in [3.8, 4) is 0 Å². The van der Waals surface area contributed by atoms with E-state index in [1.165, 1.54) is 7.11 Å². The largest absolute Gasteiger partial charge is 0.375 e. The monoisotopic (exact) mass is 217 g/mol. The van der Waals surface area contributed by atoms with Crippen LogP contribution in [0.4, 0.5) is 0 Å². The molecule has 0 radical (unpaired) electrons. The summed E-state index contributed by atoms with van der Waals surface area (Å²) in [6.07, 6.45) is 1.41. The molecular weight excluding hydrogens is 198 g/mol. The van der Waals surface area contributed by atoms with Gasteiger partial charge >= 0.3 is 0 Å². The summed E-state index contributed by atoms with van der Waals surface area (Å²) in [5.74, 6) is -0.484. The summed E-state index contributed by atoms with van der Waals surface area (Å²) in [5, 5.41) is 0. The number of ether oxygens (including phenoxy) is 3. The van der Waals surface area contributed by atoms with Gasteiger partial charge in [0, 0.05) is 47.3 Å².